The minimum Gasteiger partial charge on any atom is -0.490 e. The van der Waals surface area contributed by atoms with E-state index >= 15 is 0 Å². The number of nitrogens with zero attached hydrogens (tertiary/aromatic N) is 1. The van der Waals surface area contributed by atoms with Gasteiger partial charge in [-0.15, -0.1) is 0 Å². The molecule has 0 saturated carbocycles. The molecule has 0 aliphatic carbocycles. The number of anilines is 2. The Bertz CT molecular complexity index is 1350. The Morgan fingerprint density at radius 2 is 1.63 bits per heavy atom. The first-order chi connectivity index (χ1) is 16.8. The molecule has 1 aliphatic heterocycles. The molecule has 178 valence electrons. The van der Waals surface area contributed by atoms with Crippen LogP contribution in [0.3, 0.4) is 0 Å². The van der Waals surface area contributed by atoms with Crippen molar-refractivity contribution >= 4 is 40.8 Å². The van der Waals surface area contributed by atoms with Gasteiger partial charge in [-0.1, -0.05) is 41.4 Å². The van der Waals surface area contributed by atoms with Gasteiger partial charge >= 0.3 is 5.97 Å². The fourth-order valence-corrected chi connectivity index (χ4v) is 3.90. The van der Waals surface area contributed by atoms with Crippen molar-refractivity contribution in [1.29, 1.82) is 0 Å². The molecule has 35 heavy (non-hydrogen) atoms. The average Bonchev–Trinajstić information content (AvgIpc) is 3.04. The first-order valence-corrected chi connectivity index (χ1v) is 11.3. The van der Waals surface area contributed by atoms with Crippen molar-refractivity contribution in [3.8, 4) is 11.5 Å². The molecule has 3 aromatic carbocycles. The predicted octanol–water partition coefficient (Wildman–Crippen LogP) is 5.36. The van der Waals surface area contributed by atoms with Gasteiger partial charge in [0.15, 0.2) is 11.5 Å². The maximum absolute atomic E-state index is 13.0. The van der Waals surface area contributed by atoms with Gasteiger partial charge in [0, 0.05) is 5.69 Å². The summed E-state index contributed by atoms with van der Waals surface area (Å²) in [6.07, 6.45) is 0. The largest absolute Gasteiger partial charge is 0.490 e. The second-order valence-corrected chi connectivity index (χ2v) is 8.27. The molecular weight excluding hydrogens is 468 g/mol. The second kappa shape index (κ2) is 10.0. The Morgan fingerprint density at radius 3 is 2.29 bits per heavy atom. The van der Waals surface area contributed by atoms with E-state index in [9.17, 15) is 14.4 Å². The van der Waals surface area contributed by atoms with Crippen LogP contribution in [0.1, 0.15) is 28.4 Å². The highest BCUT2D eigenvalue weighted by Gasteiger charge is 2.39. The number of halogens is 1. The highest BCUT2D eigenvalue weighted by Crippen LogP contribution is 2.32. The van der Waals surface area contributed by atoms with Crippen LogP contribution in [-0.2, 0) is 9.59 Å². The number of nitrogens with one attached hydrogen (secondary N) is 1. The molecule has 0 unspecified atom stereocenters. The molecule has 0 aromatic heterocycles. The summed E-state index contributed by atoms with van der Waals surface area (Å²) in [4.78, 5) is 39.4. The van der Waals surface area contributed by atoms with Crippen LogP contribution in [0, 0.1) is 13.8 Å². The van der Waals surface area contributed by atoms with Crippen LogP contribution >= 0.6 is 11.6 Å². The standard InChI is InChI=1S/C27H23ClN2O5/c1-4-34-21-7-5-6-8-22(21)35-27(33)18-10-12-19(13-11-18)29-24-23(28)25(31)30(26(24)32)20-14-9-16(2)15-17(20)3/h5-15,29H,4H2,1-3H3. The molecule has 2 amide bonds. The molecule has 7 nitrogen and oxygen atoms in total. The lowest BCUT2D eigenvalue weighted by Crippen LogP contribution is -2.32. The number of carbonyl (C=O) groups is 3. The number of hydrogen-bond acceptors (Lipinski definition) is 6. The second-order valence-electron chi connectivity index (χ2n) is 7.90. The molecule has 0 bridgehead atoms. The Balaban J connectivity index is 1.49. The lowest BCUT2D eigenvalue weighted by atomic mass is 10.1. The average molecular weight is 491 g/mol. The van der Waals surface area contributed by atoms with E-state index in [0.29, 0.717) is 35.0 Å². The Hall–Kier alpha value is -4.10. The van der Waals surface area contributed by atoms with Gasteiger partial charge in [-0.3, -0.25) is 9.59 Å². The number of amides is 2. The lowest BCUT2D eigenvalue weighted by molar-refractivity contribution is -0.120. The number of hydrogen-bond donors (Lipinski definition) is 1. The number of rotatable bonds is 7. The van der Waals surface area contributed by atoms with Crippen LogP contribution in [0.2, 0.25) is 0 Å². The minimum atomic E-state index is -0.598. The van der Waals surface area contributed by atoms with Crippen LogP contribution in [0.15, 0.2) is 77.5 Å². The van der Waals surface area contributed by atoms with Crippen LogP contribution < -0.4 is 19.7 Å². The zero-order valence-corrected chi connectivity index (χ0v) is 20.2. The van der Waals surface area contributed by atoms with Gasteiger partial charge in [-0.2, -0.15) is 0 Å². The normalized spacial score (nSPS) is 13.3. The maximum atomic E-state index is 13.0. The number of carbonyl (C=O) groups excluding carboxylic acids is 3. The van der Waals surface area contributed by atoms with E-state index < -0.39 is 17.8 Å². The quantitative estimate of drug-likeness (QED) is 0.273. The maximum Gasteiger partial charge on any atom is 0.343 e. The van der Waals surface area contributed by atoms with Gasteiger partial charge in [0.1, 0.15) is 10.7 Å². The van der Waals surface area contributed by atoms with Gasteiger partial charge in [-0.05, 0) is 68.8 Å². The van der Waals surface area contributed by atoms with Crippen molar-refractivity contribution in [2.24, 2.45) is 0 Å². The smallest absolute Gasteiger partial charge is 0.343 e. The summed E-state index contributed by atoms with van der Waals surface area (Å²) in [5.74, 6) is -0.919. The first kappa shape index (κ1) is 24.0. The van der Waals surface area contributed by atoms with E-state index in [1.165, 1.54) is 0 Å². The molecule has 0 atom stereocenters. The molecule has 8 heteroatoms. The summed E-state index contributed by atoms with van der Waals surface area (Å²) in [5.41, 5.74) is 3.03. The van der Waals surface area contributed by atoms with Gasteiger partial charge in [-0.25, -0.2) is 9.69 Å². The summed E-state index contributed by atoms with van der Waals surface area (Å²) in [6, 6.07) is 18.6. The molecule has 1 N–H and O–H groups in total. The van der Waals surface area contributed by atoms with Crippen molar-refractivity contribution in [3.05, 3.63) is 94.1 Å². The Kier molecular flexibility index (Phi) is 6.89. The number of ether oxygens (including phenoxy) is 2. The molecule has 1 heterocycles. The number of benzene rings is 3. The van der Waals surface area contributed by atoms with E-state index in [1.807, 2.05) is 32.9 Å². The molecule has 3 aromatic rings. The van der Waals surface area contributed by atoms with E-state index in [1.54, 1.807) is 54.6 Å². The van der Waals surface area contributed by atoms with Gasteiger partial charge in [0.2, 0.25) is 0 Å². The third kappa shape index (κ3) is 4.90. The molecule has 4 rings (SSSR count). The van der Waals surface area contributed by atoms with Crippen molar-refractivity contribution in [2.45, 2.75) is 20.8 Å². The summed E-state index contributed by atoms with van der Waals surface area (Å²) in [6.45, 7) is 6.04. The predicted molar refractivity (Wildman–Crippen MR) is 134 cm³/mol. The summed E-state index contributed by atoms with van der Waals surface area (Å²) < 4.78 is 10.9. The van der Waals surface area contributed by atoms with Crippen LogP contribution in [0.5, 0.6) is 11.5 Å². The molecule has 0 spiro atoms. The van der Waals surface area contributed by atoms with Crippen LogP contribution in [-0.4, -0.2) is 24.4 Å². The third-order valence-corrected chi connectivity index (χ3v) is 5.71. The number of para-hydroxylation sites is 2. The lowest BCUT2D eigenvalue weighted by Gasteiger charge is -2.18. The fraction of sp³-hybridized carbons (Fsp3) is 0.148. The van der Waals surface area contributed by atoms with Crippen LogP contribution in [0.4, 0.5) is 11.4 Å². The summed E-state index contributed by atoms with van der Waals surface area (Å²) in [7, 11) is 0. The van der Waals surface area contributed by atoms with Crippen molar-refractivity contribution in [3.63, 3.8) is 0 Å². The molecule has 1 aliphatic rings. The highest BCUT2D eigenvalue weighted by atomic mass is 35.5. The molecule has 0 radical (unpaired) electrons. The van der Waals surface area contributed by atoms with Gasteiger partial charge < -0.3 is 14.8 Å². The minimum absolute atomic E-state index is 0.0300. The number of esters is 1. The summed E-state index contributed by atoms with van der Waals surface area (Å²) in [5, 5.41) is 2.70. The fourth-order valence-electron chi connectivity index (χ4n) is 3.69. The van der Waals surface area contributed by atoms with E-state index in [2.05, 4.69) is 5.32 Å². The van der Waals surface area contributed by atoms with Gasteiger partial charge in [0.25, 0.3) is 11.8 Å². The zero-order chi connectivity index (χ0) is 25.1. The Morgan fingerprint density at radius 1 is 0.943 bits per heavy atom. The topological polar surface area (TPSA) is 84.9 Å². The van der Waals surface area contributed by atoms with Crippen molar-refractivity contribution < 1.29 is 23.9 Å². The summed E-state index contributed by atoms with van der Waals surface area (Å²) >= 11 is 6.23. The molecule has 0 fully saturated rings. The number of imide groups is 1. The first-order valence-electron chi connectivity index (χ1n) is 11.0. The van der Waals surface area contributed by atoms with Gasteiger partial charge in [0.05, 0.1) is 17.9 Å². The van der Waals surface area contributed by atoms with E-state index in [0.717, 1.165) is 16.0 Å². The molecule has 0 saturated heterocycles. The zero-order valence-electron chi connectivity index (χ0n) is 19.4. The van der Waals surface area contributed by atoms with E-state index in [4.69, 9.17) is 21.1 Å². The van der Waals surface area contributed by atoms with E-state index in [-0.39, 0.29) is 10.7 Å². The van der Waals surface area contributed by atoms with Crippen molar-refractivity contribution in [1.82, 2.24) is 0 Å². The Labute approximate surface area is 207 Å². The van der Waals surface area contributed by atoms with Crippen LogP contribution in [0.25, 0.3) is 0 Å². The molecular formula is C27H23ClN2O5. The van der Waals surface area contributed by atoms with Crippen molar-refractivity contribution in [2.75, 3.05) is 16.8 Å². The third-order valence-electron chi connectivity index (χ3n) is 5.36. The monoisotopic (exact) mass is 490 g/mol. The SMILES string of the molecule is CCOc1ccccc1OC(=O)c1ccc(NC2=C(Cl)C(=O)N(c3ccc(C)cc3C)C2=O)cc1. The number of aryl methyl sites for hydroxylation is 2. The highest BCUT2D eigenvalue weighted by molar-refractivity contribution is 6.53.